The minimum atomic E-state index is -1.46. The monoisotopic (exact) mass is 265 g/mol. The molecule has 1 amide bonds. The number of benzene rings is 1. The Morgan fingerprint density at radius 3 is 2.74 bits per heavy atom. The molecular weight excluding hydrogens is 245 g/mol. The maximum Gasteiger partial charge on any atom is 0.407 e. The first kappa shape index (κ1) is 13.8. The molecule has 1 aliphatic rings. The van der Waals surface area contributed by atoms with Crippen molar-refractivity contribution in [1.29, 1.82) is 0 Å². The summed E-state index contributed by atoms with van der Waals surface area (Å²) in [6.07, 6.45) is -0.264. The van der Waals surface area contributed by atoms with Gasteiger partial charge in [-0.05, 0) is 33.3 Å². The predicted molar refractivity (Wildman–Crippen MR) is 71.7 cm³/mol. The number of carbonyl (C=O) groups excluding carboxylic acids is 1. The molecular formula is C15H20FNO2. The summed E-state index contributed by atoms with van der Waals surface area (Å²) in [5.74, 6) is 0. The molecule has 0 radical (unpaired) electrons. The number of carbonyl (C=O) groups is 1. The van der Waals surface area contributed by atoms with Crippen molar-refractivity contribution in [2.45, 2.75) is 51.4 Å². The lowest BCUT2D eigenvalue weighted by molar-refractivity contribution is 0.0511. The first-order valence-electron chi connectivity index (χ1n) is 6.46. The molecule has 19 heavy (non-hydrogen) atoms. The Morgan fingerprint density at radius 1 is 1.47 bits per heavy atom. The number of nitrogens with one attached hydrogen (secondary N) is 1. The van der Waals surface area contributed by atoms with Crippen LogP contribution in [0, 0.1) is 6.92 Å². The van der Waals surface area contributed by atoms with Crippen LogP contribution in [0.25, 0.3) is 0 Å². The number of ether oxygens (including phenoxy) is 1. The van der Waals surface area contributed by atoms with Gasteiger partial charge in [-0.2, -0.15) is 0 Å². The quantitative estimate of drug-likeness (QED) is 0.889. The summed E-state index contributed by atoms with van der Waals surface area (Å²) in [4.78, 5) is 11.6. The van der Waals surface area contributed by atoms with Crippen molar-refractivity contribution in [2.75, 3.05) is 0 Å². The van der Waals surface area contributed by atoms with E-state index in [1.54, 1.807) is 26.8 Å². The number of alkyl carbamates (subject to hydrolysis) is 1. The van der Waals surface area contributed by atoms with Crippen LogP contribution in [-0.2, 0) is 10.4 Å². The van der Waals surface area contributed by atoms with Gasteiger partial charge in [0.25, 0.3) is 0 Å². The van der Waals surface area contributed by atoms with Crippen LogP contribution in [0.1, 0.15) is 38.3 Å². The molecule has 1 fully saturated rings. The summed E-state index contributed by atoms with van der Waals surface area (Å²) >= 11 is 0. The molecule has 0 saturated heterocycles. The molecule has 0 unspecified atom stereocenters. The number of hydrogen-bond acceptors (Lipinski definition) is 2. The molecule has 0 bridgehead atoms. The zero-order valence-electron chi connectivity index (χ0n) is 11.8. The van der Waals surface area contributed by atoms with Gasteiger partial charge in [0.15, 0.2) is 5.67 Å². The second-order valence-corrected chi connectivity index (χ2v) is 6.13. The second kappa shape index (κ2) is 4.51. The van der Waals surface area contributed by atoms with Gasteiger partial charge in [0.1, 0.15) is 5.60 Å². The Labute approximate surface area is 113 Å². The summed E-state index contributed by atoms with van der Waals surface area (Å²) in [5.41, 5.74) is -0.393. The van der Waals surface area contributed by atoms with Gasteiger partial charge in [-0.15, -0.1) is 0 Å². The highest BCUT2D eigenvalue weighted by atomic mass is 19.1. The number of rotatable bonds is 2. The van der Waals surface area contributed by atoms with Crippen molar-refractivity contribution < 1.29 is 13.9 Å². The normalized spacial score (nSPS) is 25.8. The van der Waals surface area contributed by atoms with E-state index in [1.807, 2.05) is 25.1 Å². The molecule has 1 saturated carbocycles. The molecule has 0 aliphatic heterocycles. The van der Waals surface area contributed by atoms with Crippen molar-refractivity contribution in [2.24, 2.45) is 0 Å². The number of halogens is 1. The maximum absolute atomic E-state index is 14.6. The zero-order valence-corrected chi connectivity index (χ0v) is 11.8. The van der Waals surface area contributed by atoms with Crippen molar-refractivity contribution in [3.05, 3.63) is 35.4 Å². The lowest BCUT2D eigenvalue weighted by atomic mass is 10.1. The number of amides is 1. The summed E-state index contributed by atoms with van der Waals surface area (Å²) < 4.78 is 19.7. The number of aryl methyl sites for hydroxylation is 1. The van der Waals surface area contributed by atoms with Gasteiger partial charge >= 0.3 is 6.09 Å². The van der Waals surface area contributed by atoms with E-state index in [1.165, 1.54) is 0 Å². The molecule has 4 heteroatoms. The summed E-state index contributed by atoms with van der Waals surface area (Å²) in [6, 6.07) is 6.82. The van der Waals surface area contributed by atoms with E-state index >= 15 is 0 Å². The largest absolute Gasteiger partial charge is 0.444 e. The lowest BCUT2D eigenvalue weighted by Gasteiger charge is -2.20. The smallest absolute Gasteiger partial charge is 0.407 e. The molecule has 1 N–H and O–H groups in total. The third-order valence-electron chi connectivity index (χ3n) is 3.08. The van der Waals surface area contributed by atoms with Crippen LogP contribution in [0.3, 0.4) is 0 Å². The Balaban J connectivity index is 1.98. The van der Waals surface area contributed by atoms with Crippen molar-refractivity contribution in [3.8, 4) is 0 Å². The molecule has 0 aromatic heterocycles. The van der Waals surface area contributed by atoms with Crippen LogP contribution < -0.4 is 5.32 Å². The van der Waals surface area contributed by atoms with Crippen LogP contribution in [0.2, 0.25) is 0 Å². The van der Waals surface area contributed by atoms with E-state index in [4.69, 9.17) is 4.74 Å². The van der Waals surface area contributed by atoms with Gasteiger partial charge < -0.3 is 10.1 Å². The highest BCUT2D eigenvalue weighted by Crippen LogP contribution is 2.50. The molecule has 0 spiro atoms. The third-order valence-corrected chi connectivity index (χ3v) is 3.08. The summed E-state index contributed by atoms with van der Waals surface area (Å²) in [5, 5.41) is 2.58. The van der Waals surface area contributed by atoms with Crippen molar-refractivity contribution >= 4 is 6.09 Å². The van der Waals surface area contributed by atoms with Crippen LogP contribution in [-0.4, -0.2) is 17.7 Å². The average molecular weight is 265 g/mol. The Hall–Kier alpha value is -1.58. The van der Waals surface area contributed by atoms with E-state index in [2.05, 4.69) is 5.32 Å². The van der Waals surface area contributed by atoms with Crippen LogP contribution in [0.5, 0.6) is 0 Å². The van der Waals surface area contributed by atoms with E-state index in [0.29, 0.717) is 12.0 Å². The van der Waals surface area contributed by atoms with Crippen molar-refractivity contribution in [1.82, 2.24) is 5.32 Å². The van der Waals surface area contributed by atoms with Gasteiger partial charge in [0.05, 0.1) is 6.04 Å². The van der Waals surface area contributed by atoms with Crippen LogP contribution in [0.4, 0.5) is 9.18 Å². The maximum atomic E-state index is 14.6. The Morgan fingerprint density at radius 2 is 2.16 bits per heavy atom. The summed E-state index contributed by atoms with van der Waals surface area (Å²) in [6.45, 7) is 7.26. The molecule has 1 aliphatic carbocycles. The highest BCUT2D eigenvalue weighted by Gasteiger charge is 2.58. The van der Waals surface area contributed by atoms with E-state index < -0.39 is 23.4 Å². The van der Waals surface area contributed by atoms with Crippen LogP contribution >= 0.6 is 0 Å². The second-order valence-electron chi connectivity index (χ2n) is 6.13. The molecule has 3 nitrogen and oxygen atoms in total. The first-order chi connectivity index (χ1) is 8.71. The summed E-state index contributed by atoms with van der Waals surface area (Å²) in [7, 11) is 0. The average Bonchev–Trinajstić information content (AvgIpc) is 2.87. The molecule has 2 rings (SSSR count). The van der Waals surface area contributed by atoms with Gasteiger partial charge in [-0.25, -0.2) is 9.18 Å². The molecule has 104 valence electrons. The van der Waals surface area contributed by atoms with Gasteiger partial charge in [0.2, 0.25) is 0 Å². The standard InChI is InChI=1S/C15H20FNO2/c1-10-6-5-7-11(8-10)15(16)9-12(15)17-13(18)19-14(2,3)4/h5-8,12H,9H2,1-4H3,(H,17,18)/t12-,15-/m0/s1. The number of hydrogen-bond donors (Lipinski definition) is 1. The van der Waals surface area contributed by atoms with Gasteiger partial charge in [-0.3, -0.25) is 0 Å². The molecule has 1 aromatic carbocycles. The van der Waals surface area contributed by atoms with Crippen LogP contribution in [0.15, 0.2) is 24.3 Å². The van der Waals surface area contributed by atoms with Gasteiger partial charge in [0, 0.05) is 6.42 Å². The fourth-order valence-electron chi connectivity index (χ4n) is 2.08. The van der Waals surface area contributed by atoms with E-state index in [-0.39, 0.29) is 0 Å². The fraction of sp³-hybridized carbons (Fsp3) is 0.533. The Kier molecular flexibility index (Phi) is 3.29. The Bertz CT molecular complexity index is 495. The minimum absolute atomic E-state index is 0.301. The zero-order chi connectivity index (χ0) is 14.3. The number of alkyl halides is 1. The molecule has 0 heterocycles. The van der Waals surface area contributed by atoms with E-state index in [9.17, 15) is 9.18 Å². The predicted octanol–water partition coefficient (Wildman–Crippen LogP) is 3.46. The topological polar surface area (TPSA) is 38.3 Å². The first-order valence-corrected chi connectivity index (χ1v) is 6.46. The molecule has 1 aromatic rings. The van der Waals surface area contributed by atoms with Crippen molar-refractivity contribution in [3.63, 3.8) is 0 Å². The van der Waals surface area contributed by atoms with Gasteiger partial charge in [-0.1, -0.05) is 29.8 Å². The highest BCUT2D eigenvalue weighted by molar-refractivity contribution is 5.69. The lowest BCUT2D eigenvalue weighted by Crippen LogP contribution is -2.35. The minimum Gasteiger partial charge on any atom is -0.444 e. The fourth-order valence-corrected chi connectivity index (χ4v) is 2.08. The SMILES string of the molecule is Cc1cccc([C@@]2(F)C[C@@H]2NC(=O)OC(C)(C)C)c1. The van der Waals surface area contributed by atoms with E-state index in [0.717, 1.165) is 5.56 Å². The third kappa shape index (κ3) is 3.25. The molecule has 2 atom stereocenters.